The highest BCUT2D eigenvalue weighted by Crippen LogP contribution is 2.24. The predicted octanol–water partition coefficient (Wildman–Crippen LogP) is 3.60. The molecule has 0 spiro atoms. The van der Waals surface area contributed by atoms with Crippen molar-refractivity contribution in [2.24, 2.45) is 0 Å². The van der Waals surface area contributed by atoms with E-state index < -0.39 is 0 Å². The lowest BCUT2D eigenvalue weighted by Gasteiger charge is -2.25. The number of anilines is 1. The monoisotopic (exact) mass is 412 g/mol. The topological polar surface area (TPSA) is 41.1 Å². The van der Waals surface area contributed by atoms with E-state index >= 15 is 0 Å². The van der Waals surface area contributed by atoms with Crippen LogP contribution in [0.5, 0.6) is 0 Å². The molecule has 0 unspecified atom stereocenters. The molecular weight excluding hydrogens is 399 g/mol. The second-order valence-corrected chi connectivity index (χ2v) is 6.67. The highest BCUT2D eigenvalue weighted by molar-refractivity contribution is 14.1. The Balaban J connectivity index is 1.72. The Morgan fingerprint density at radius 2 is 2.00 bits per heavy atom. The van der Waals surface area contributed by atoms with E-state index in [2.05, 4.69) is 45.4 Å². The summed E-state index contributed by atoms with van der Waals surface area (Å²) in [6.45, 7) is 0.717. The van der Waals surface area contributed by atoms with E-state index in [1.54, 1.807) is 0 Å². The molecule has 1 atom stereocenters. The summed E-state index contributed by atoms with van der Waals surface area (Å²) in [4.78, 5) is 12.4. The van der Waals surface area contributed by atoms with E-state index in [1.807, 2.05) is 30.3 Å². The summed E-state index contributed by atoms with van der Waals surface area (Å²) in [5.74, 6) is -0.0485. The summed E-state index contributed by atoms with van der Waals surface area (Å²) < 4.78 is 1.04. The molecule has 3 rings (SSSR count). The third kappa shape index (κ3) is 3.39. The van der Waals surface area contributed by atoms with Gasteiger partial charge >= 0.3 is 0 Å². The molecule has 2 aromatic carbocycles. The number of amides is 1. The molecule has 5 heteroatoms. The minimum Gasteiger partial charge on any atom is -0.323 e. The Morgan fingerprint density at radius 3 is 2.76 bits per heavy atom. The average molecular weight is 413 g/mol. The number of rotatable bonds is 2. The van der Waals surface area contributed by atoms with Gasteiger partial charge in [-0.3, -0.25) is 4.79 Å². The van der Waals surface area contributed by atoms with Gasteiger partial charge in [-0.25, -0.2) is 0 Å². The van der Waals surface area contributed by atoms with Crippen molar-refractivity contribution < 1.29 is 4.79 Å². The first-order chi connectivity index (χ1) is 10.1. The minimum absolute atomic E-state index is 0.0485. The van der Waals surface area contributed by atoms with Gasteiger partial charge in [-0.1, -0.05) is 35.9 Å². The molecule has 0 saturated heterocycles. The SMILES string of the molecule is O=C(Nc1ccc(I)cc1Cl)[C@H]1Cc2ccccc2CN1. The fraction of sp³-hybridized carbons (Fsp3) is 0.188. The zero-order valence-corrected chi connectivity index (χ0v) is 14.1. The number of fused-ring (bicyclic) bond motifs is 1. The number of nitrogens with one attached hydrogen (secondary N) is 2. The van der Waals surface area contributed by atoms with Gasteiger partial charge in [0.25, 0.3) is 0 Å². The van der Waals surface area contributed by atoms with Gasteiger partial charge in [0.1, 0.15) is 0 Å². The van der Waals surface area contributed by atoms with Crippen LogP contribution in [0, 0.1) is 3.57 Å². The van der Waals surface area contributed by atoms with Gasteiger partial charge in [-0.05, 0) is 58.3 Å². The van der Waals surface area contributed by atoms with E-state index in [9.17, 15) is 4.79 Å². The van der Waals surface area contributed by atoms with Crippen LogP contribution >= 0.6 is 34.2 Å². The molecule has 0 bridgehead atoms. The van der Waals surface area contributed by atoms with Crippen molar-refractivity contribution in [1.29, 1.82) is 0 Å². The maximum Gasteiger partial charge on any atom is 0.241 e. The molecule has 1 aliphatic heterocycles. The normalized spacial score (nSPS) is 17.1. The van der Waals surface area contributed by atoms with Crippen LogP contribution in [-0.4, -0.2) is 11.9 Å². The lowest BCUT2D eigenvalue weighted by molar-refractivity contribution is -0.118. The number of hydrogen-bond donors (Lipinski definition) is 2. The van der Waals surface area contributed by atoms with Crippen LogP contribution in [-0.2, 0) is 17.8 Å². The lowest BCUT2D eigenvalue weighted by Crippen LogP contribution is -2.44. The maximum atomic E-state index is 12.4. The number of benzene rings is 2. The first kappa shape index (κ1) is 14.8. The van der Waals surface area contributed by atoms with E-state index in [0.29, 0.717) is 23.7 Å². The molecule has 1 aliphatic rings. The highest BCUT2D eigenvalue weighted by atomic mass is 127. The Kier molecular flexibility index (Phi) is 4.47. The second-order valence-electron chi connectivity index (χ2n) is 5.02. The first-order valence-corrected chi connectivity index (χ1v) is 8.15. The molecule has 108 valence electrons. The van der Waals surface area contributed by atoms with Crippen molar-refractivity contribution in [1.82, 2.24) is 5.32 Å². The number of carbonyl (C=O) groups excluding carboxylic acids is 1. The molecule has 21 heavy (non-hydrogen) atoms. The maximum absolute atomic E-state index is 12.4. The van der Waals surface area contributed by atoms with Gasteiger partial charge in [0.05, 0.1) is 16.8 Å². The first-order valence-electron chi connectivity index (χ1n) is 6.69. The molecule has 0 aromatic heterocycles. The van der Waals surface area contributed by atoms with E-state index in [4.69, 9.17) is 11.6 Å². The molecule has 0 radical (unpaired) electrons. The van der Waals surface area contributed by atoms with Gasteiger partial charge in [0.2, 0.25) is 5.91 Å². The van der Waals surface area contributed by atoms with Gasteiger partial charge in [0.15, 0.2) is 0 Å². The Labute approximate surface area is 142 Å². The molecular formula is C16H14ClIN2O. The zero-order valence-electron chi connectivity index (χ0n) is 11.2. The summed E-state index contributed by atoms with van der Waals surface area (Å²) in [5.41, 5.74) is 3.14. The van der Waals surface area contributed by atoms with Crippen LogP contribution in [0.25, 0.3) is 0 Å². The smallest absolute Gasteiger partial charge is 0.241 e. The molecule has 1 heterocycles. The summed E-state index contributed by atoms with van der Waals surface area (Å²) in [7, 11) is 0. The molecule has 0 saturated carbocycles. The van der Waals surface area contributed by atoms with Crippen molar-refractivity contribution in [3.63, 3.8) is 0 Å². The Hall–Kier alpha value is -1.11. The van der Waals surface area contributed by atoms with Crippen LogP contribution in [0.1, 0.15) is 11.1 Å². The Morgan fingerprint density at radius 1 is 1.24 bits per heavy atom. The van der Waals surface area contributed by atoms with Crippen molar-refractivity contribution in [2.45, 2.75) is 19.0 Å². The molecule has 0 fully saturated rings. The molecule has 2 N–H and O–H groups in total. The van der Waals surface area contributed by atoms with Gasteiger partial charge in [0, 0.05) is 10.1 Å². The van der Waals surface area contributed by atoms with Gasteiger partial charge in [-0.2, -0.15) is 0 Å². The van der Waals surface area contributed by atoms with E-state index in [0.717, 1.165) is 3.57 Å². The zero-order chi connectivity index (χ0) is 14.8. The third-order valence-electron chi connectivity index (χ3n) is 3.59. The number of hydrogen-bond acceptors (Lipinski definition) is 2. The summed E-state index contributed by atoms with van der Waals surface area (Å²) in [6, 6.07) is 13.6. The van der Waals surface area contributed by atoms with Crippen molar-refractivity contribution in [3.8, 4) is 0 Å². The van der Waals surface area contributed by atoms with Gasteiger partial charge in [-0.15, -0.1) is 0 Å². The van der Waals surface area contributed by atoms with Crippen LogP contribution in [0.3, 0.4) is 0 Å². The molecule has 2 aromatic rings. The molecule has 0 aliphatic carbocycles. The fourth-order valence-corrected chi connectivity index (χ4v) is 3.35. The third-order valence-corrected chi connectivity index (χ3v) is 4.57. The van der Waals surface area contributed by atoms with E-state index in [-0.39, 0.29) is 11.9 Å². The molecule has 3 nitrogen and oxygen atoms in total. The predicted molar refractivity (Wildman–Crippen MR) is 93.6 cm³/mol. The summed E-state index contributed by atoms with van der Waals surface area (Å²) in [6.07, 6.45) is 0.698. The van der Waals surface area contributed by atoms with E-state index in [1.165, 1.54) is 11.1 Å². The Bertz CT molecular complexity index is 690. The average Bonchev–Trinajstić information content (AvgIpc) is 2.49. The fourth-order valence-electron chi connectivity index (χ4n) is 2.45. The van der Waals surface area contributed by atoms with Crippen molar-refractivity contribution in [3.05, 3.63) is 62.2 Å². The number of halogens is 2. The summed E-state index contributed by atoms with van der Waals surface area (Å²) in [5, 5.41) is 6.73. The van der Waals surface area contributed by atoms with Crippen molar-refractivity contribution >= 4 is 45.8 Å². The quantitative estimate of drug-likeness (QED) is 0.740. The van der Waals surface area contributed by atoms with Crippen LogP contribution in [0.2, 0.25) is 5.02 Å². The van der Waals surface area contributed by atoms with Crippen molar-refractivity contribution in [2.75, 3.05) is 5.32 Å². The lowest BCUT2D eigenvalue weighted by atomic mass is 9.95. The van der Waals surface area contributed by atoms with Crippen LogP contribution in [0.15, 0.2) is 42.5 Å². The van der Waals surface area contributed by atoms with Crippen LogP contribution < -0.4 is 10.6 Å². The second kappa shape index (κ2) is 6.34. The highest BCUT2D eigenvalue weighted by Gasteiger charge is 2.24. The van der Waals surface area contributed by atoms with Crippen LogP contribution in [0.4, 0.5) is 5.69 Å². The van der Waals surface area contributed by atoms with Gasteiger partial charge < -0.3 is 10.6 Å². The number of carbonyl (C=O) groups is 1. The summed E-state index contributed by atoms with van der Waals surface area (Å²) >= 11 is 8.34. The minimum atomic E-state index is -0.227. The largest absolute Gasteiger partial charge is 0.323 e. The standard InChI is InChI=1S/C16H14ClIN2O/c17-13-8-12(18)5-6-14(13)20-16(21)15-7-10-3-1-2-4-11(10)9-19-15/h1-6,8,15,19H,7,9H2,(H,20,21)/t15-/m1/s1. The molecule has 1 amide bonds.